The molecule has 0 aliphatic rings. The van der Waals surface area contributed by atoms with E-state index in [1.165, 1.54) is 24.3 Å². The zero-order chi connectivity index (χ0) is 17.7. The Hall–Kier alpha value is -3.22. The number of hydrogen-bond donors (Lipinski definition) is 1. The molecule has 0 atom stereocenters. The van der Waals surface area contributed by atoms with Gasteiger partial charge in [-0.3, -0.25) is 14.9 Å². The van der Waals surface area contributed by atoms with Crippen molar-refractivity contribution in [1.82, 2.24) is 0 Å². The standard InChI is InChI=1S/C17H16N2O5/c1-11(2)24-17(21)13-3-7-14(8-4-13)18-16(20)12-5-9-15(10-6-12)19(22)23/h3-11H,1-2H3,(H,18,20). The van der Waals surface area contributed by atoms with Crippen LogP contribution in [0, 0.1) is 10.1 Å². The summed E-state index contributed by atoms with van der Waals surface area (Å²) < 4.78 is 5.08. The fourth-order valence-electron chi connectivity index (χ4n) is 1.91. The maximum absolute atomic E-state index is 12.1. The quantitative estimate of drug-likeness (QED) is 0.515. The molecule has 0 heterocycles. The molecule has 0 radical (unpaired) electrons. The van der Waals surface area contributed by atoms with Crippen molar-refractivity contribution < 1.29 is 19.2 Å². The van der Waals surface area contributed by atoms with Crippen molar-refractivity contribution in [3.63, 3.8) is 0 Å². The summed E-state index contributed by atoms with van der Waals surface area (Å²) in [6.07, 6.45) is -0.209. The molecule has 7 heteroatoms. The van der Waals surface area contributed by atoms with Gasteiger partial charge in [-0.25, -0.2) is 4.79 Å². The van der Waals surface area contributed by atoms with Crippen LogP contribution >= 0.6 is 0 Å². The Kier molecular flexibility index (Phi) is 5.26. The van der Waals surface area contributed by atoms with E-state index in [4.69, 9.17) is 4.74 Å². The highest BCUT2D eigenvalue weighted by Crippen LogP contribution is 2.15. The lowest BCUT2D eigenvalue weighted by molar-refractivity contribution is -0.384. The number of nitro groups is 1. The number of hydrogen-bond acceptors (Lipinski definition) is 5. The van der Waals surface area contributed by atoms with E-state index < -0.39 is 16.8 Å². The van der Waals surface area contributed by atoms with Gasteiger partial charge in [-0.15, -0.1) is 0 Å². The smallest absolute Gasteiger partial charge is 0.338 e. The largest absolute Gasteiger partial charge is 0.459 e. The van der Waals surface area contributed by atoms with Crippen LogP contribution in [0.5, 0.6) is 0 Å². The first kappa shape index (κ1) is 17.1. The van der Waals surface area contributed by atoms with Crippen LogP contribution in [-0.4, -0.2) is 22.9 Å². The van der Waals surface area contributed by atoms with E-state index in [2.05, 4.69) is 5.32 Å². The summed E-state index contributed by atoms with van der Waals surface area (Å²) in [7, 11) is 0. The minimum Gasteiger partial charge on any atom is -0.459 e. The number of non-ortho nitro benzene ring substituents is 1. The Bertz CT molecular complexity index is 752. The first-order chi connectivity index (χ1) is 11.4. The number of amides is 1. The molecular weight excluding hydrogens is 312 g/mol. The van der Waals surface area contributed by atoms with E-state index in [9.17, 15) is 19.7 Å². The van der Waals surface area contributed by atoms with Gasteiger partial charge >= 0.3 is 5.97 Å². The fraction of sp³-hybridized carbons (Fsp3) is 0.176. The van der Waals surface area contributed by atoms with Gasteiger partial charge in [-0.2, -0.15) is 0 Å². The minimum absolute atomic E-state index is 0.0837. The Morgan fingerprint density at radius 1 is 1.00 bits per heavy atom. The molecule has 7 nitrogen and oxygen atoms in total. The van der Waals surface area contributed by atoms with Gasteiger partial charge in [-0.1, -0.05) is 0 Å². The van der Waals surface area contributed by atoms with E-state index in [0.717, 1.165) is 0 Å². The van der Waals surface area contributed by atoms with Crippen LogP contribution in [-0.2, 0) is 4.74 Å². The molecule has 24 heavy (non-hydrogen) atoms. The molecule has 1 amide bonds. The van der Waals surface area contributed by atoms with Crippen LogP contribution in [0.15, 0.2) is 48.5 Å². The third-order valence-corrected chi connectivity index (χ3v) is 3.06. The van der Waals surface area contributed by atoms with Gasteiger partial charge in [0.2, 0.25) is 0 Å². The molecule has 0 saturated heterocycles. The minimum atomic E-state index is -0.531. The lowest BCUT2D eigenvalue weighted by Crippen LogP contribution is -2.13. The monoisotopic (exact) mass is 328 g/mol. The van der Waals surface area contributed by atoms with Crippen molar-refractivity contribution >= 4 is 23.3 Å². The SMILES string of the molecule is CC(C)OC(=O)c1ccc(NC(=O)c2ccc([N+](=O)[O-])cc2)cc1. The summed E-state index contributed by atoms with van der Waals surface area (Å²) >= 11 is 0. The molecule has 0 aliphatic carbocycles. The number of nitro benzene ring substituents is 1. The summed E-state index contributed by atoms with van der Waals surface area (Å²) in [5.74, 6) is -0.833. The molecule has 1 N–H and O–H groups in total. The number of carbonyl (C=O) groups is 2. The van der Waals surface area contributed by atoms with E-state index in [1.54, 1.807) is 38.1 Å². The van der Waals surface area contributed by atoms with Crippen LogP contribution in [0.3, 0.4) is 0 Å². The summed E-state index contributed by atoms with van der Waals surface area (Å²) in [5, 5.41) is 13.2. The predicted molar refractivity (Wildman–Crippen MR) is 88.0 cm³/mol. The molecule has 0 saturated carbocycles. The molecule has 0 aromatic heterocycles. The lowest BCUT2D eigenvalue weighted by Gasteiger charge is -2.09. The normalized spacial score (nSPS) is 10.3. The molecule has 2 aromatic rings. The van der Waals surface area contributed by atoms with Crippen molar-refractivity contribution in [1.29, 1.82) is 0 Å². The highest BCUT2D eigenvalue weighted by atomic mass is 16.6. The predicted octanol–water partition coefficient (Wildman–Crippen LogP) is 3.41. The lowest BCUT2D eigenvalue weighted by atomic mass is 10.1. The fourth-order valence-corrected chi connectivity index (χ4v) is 1.91. The van der Waals surface area contributed by atoms with Gasteiger partial charge in [-0.05, 0) is 50.2 Å². The van der Waals surface area contributed by atoms with Crippen LogP contribution in [0.25, 0.3) is 0 Å². The molecule has 0 fully saturated rings. The Morgan fingerprint density at radius 3 is 2.04 bits per heavy atom. The average Bonchev–Trinajstić information content (AvgIpc) is 2.55. The van der Waals surface area contributed by atoms with E-state index in [0.29, 0.717) is 16.8 Å². The number of nitrogens with one attached hydrogen (secondary N) is 1. The Balaban J connectivity index is 2.04. The number of nitrogens with zero attached hydrogens (tertiary/aromatic N) is 1. The van der Waals surface area contributed by atoms with Gasteiger partial charge < -0.3 is 10.1 Å². The maximum Gasteiger partial charge on any atom is 0.338 e. The Labute approximate surface area is 138 Å². The number of ether oxygens (including phenoxy) is 1. The first-order valence-corrected chi connectivity index (χ1v) is 7.23. The summed E-state index contributed by atoms with van der Waals surface area (Å²) in [6.45, 7) is 3.52. The second kappa shape index (κ2) is 7.36. The van der Waals surface area contributed by atoms with Gasteiger partial charge in [0, 0.05) is 23.4 Å². The third kappa shape index (κ3) is 4.39. The van der Waals surface area contributed by atoms with Crippen molar-refractivity contribution in [2.45, 2.75) is 20.0 Å². The van der Waals surface area contributed by atoms with Crippen molar-refractivity contribution in [2.24, 2.45) is 0 Å². The topological polar surface area (TPSA) is 98.5 Å². The molecule has 124 valence electrons. The number of esters is 1. The second-order valence-electron chi connectivity index (χ2n) is 5.29. The van der Waals surface area contributed by atoms with E-state index in [-0.39, 0.29) is 11.8 Å². The second-order valence-corrected chi connectivity index (χ2v) is 5.29. The Morgan fingerprint density at radius 2 is 1.54 bits per heavy atom. The summed E-state index contributed by atoms with van der Waals surface area (Å²) in [4.78, 5) is 33.9. The van der Waals surface area contributed by atoms with Gasteiger partial charge in [0.15, 0.2) is 0 Å². The molecule has 0 aliphatic heterocycles. The number of anilines is 1. The van der Waals surface area contributed by atoms with Crippen LogP contribution < -0.4 is 5.32 Å². The third-order valence-electron chi connectivity index (χ3n) is 3.06. The van der Waals surface area contributed by atoms with Crippen LogP contribution in [0.2, 0.25) is 0 Å². The molecule has 2 aromatic carbocycles. The summed E-state index contributed by atoms with van der Waals surface area (Å²) in [5.41, 5.74) is 1.10. The van der Waals surface area contributed by atoms with Crippen LogP contribution in [0.1, 0.15) is 34.6 Å². The first-order valence-electron chi connectivity index (χ1n) is 7.23. The number of benzene rings is 2. The van der Waals surface area contributed by atoms with E-state index in [1.807, 2.05) is 0 Å². The molecule has 0 bridgehead atoms. The van der Waals surface area contributed by atoms with Crippen molar-refractivity contribution in [2.75, 3.05) is 5.32 Å². The molecular formula is C17H16N2O5. The van der Waals surface area contributed by atoms with Crippen molar-refractivity contribution in [3.05, 3.63) is 69.8 Å². The molecule has 2 rings (SSSR count). The highest BCUT2D eigenvalue weighted by Gasteiger charge is 2.11. The number of carbonyl (C=O) groups excluding carboxylic acids is 2. The van der Waals surface area contributed by atoms with Crippen molar-refractivity contribution in [3.8, 4) is 0 Å². The molecule has 0 unspecified atom stereocenters. The van der Waals surface area contributed by atoms with E-state index >= 15 is 0 Å². The average molecular weight is 328 g/mol. The zero-order valence-electron chi connectivity index (χ0n) is 13.2. The highest BCUT2D eigenvalue weighted by molar-refractivity contribution is 6.04. The van der Waals surface area contributed by atoms with Gasteiger partial charge in [0.25, 0.3) is 11.6 Å². The number of rotatable bonds is 5. The van der Waals surface area contributed by atoms with Gasteiger partial charge in [0.1, 0.15) is 0 Å². The summed E-state index contributed by atoms with van der Waals surface area (Å²) in [6, 6.07) is 11.6. The van der Waals surface area contributed by atoms with Crippen LogP contribution in [0.4, 0.5) is 11.4 Å². The van der Waals surface area contributed by atoms with Gasteiger partial charge in [0.05, 0.1) is 16.6 Å². The zero-order valence-corrected chi connectivity index (χ0v) is 13.2. The molecule has 0 spiro atoms. The maximum atomic E-state index is 12.1.